The van der Waals surface area contributed by atoms with Gasteiger partial charge in [0.15, 0.2) is 6.29 Å². The van der Waals surface area contributed by atoms with E-state index in [1.165, 1.54) is 9.30 Å². The third kappa shape index (κ3) is 3.53. The highest BCUT2D eigenvalue weighted by molar-refractivity contribution is 5.92. The number of esters is 1. The van der Waals surface area contributed by atoms with E-state index in [-0.39, 0.29) is 30.3 Å². The number of piperazine rings is 1. The predicted molar refractivity (Wildman–Crippen MR) is 97.0 cm³/mol. The Labute approximate surface area is 154 Å². The van der Waals surface area contributed by atoms with Gasteiger partial charge in [0.1, 0.15) is 23.1 Å². The molecular formula is C18H20N4O5. The van der Waals surface area contributed by atoms with Gasteiger partial charge in [0, 0.05) is 19.3 Å². The summed E-state index contributed by atoms with van der Waals surface area (Å²) >= 11 is 0. The molecule has 1 fully saturated rings. The maximum absolute atomic E-state index is 12.8. The number of rotatable bonds is 5. The Morgan fingerprint density at radius 3 is 2.89 bits per heavy atom. The maximum Gasteiger partial charge on any atom is 0.308 e. The van der Waals surface area contributed by atoms with E-state index in [9.17, 15) is 19.2 Å². The van der Waals surface area contributed by atoms with E-state index in [4.69, 9.17) is 4.74 Å². The molecule has 142 valence electrons. The highest BCUT2D eigenvalue weighted by Crippen LogP contribution is 2.21. The molecule has 0 aromatic carbocycles. The zero-order valence-electron chi connectivity index (χ0n) is 15.1. The second-order valence-electron chi connectivity index (χ2n) is 6.22. The van der Waals surface area contributed by atoms with Crippen molar-refractivity contribution < 1.29 is 19.1 Å². The predicted octanol–water partition coefficient (Wildman–Crippen LogP) is 0.0734. The van der Waals surface area contributed by atoms with Gasteiger partial charge in [0.2, 0.25) is 5.91 Å². The summed E-state index contributed by atoms with van der Waals surface area (Å²) in [7, 11) is 0. The summed E-state index contributed by atoms with van der Waals surface area (Å²) in [6, 6.07) is 2.56. The monoisotopic (exact) mass is 372 g/mol. The van der Waals surface area contributed by atoms with Crippen molar-refractivity contribution in [3.05, 3.63) is 39.8 Å². The van der Waals surface area contributed by atoms with Gasteiger partial charge in [0.05, 0.1) is 13.0 Å². The Morgan fingerprint density at radius 2 is 2.19 bits per heavy atom. The number of aryl methyl sites for hydroxylation is 1. The van der Waals surface area contributed by atoms with Gasteiger partial charge in [-0.15, -0.1) is 0 Å². The number of nitrogens with one attached hydrogen (secondary N) is 1. The summed E-state index contributed by atoms with van der Waals surface area (Å²) in [5.74, 6) is -0.814. The van der Waals surface area contributed by atoms with Gasteiger partial charge in [0.25, 0.3) is 5.56 Å². The number of carbonyl (C=O) groups is 3. The topological polar surface area (TPSA) is 110 Å². The smallest absolute Gasteiger partial charge is 0.308 e. The Morgan fingerprint density at radius 1 is 1.41 bits per heavy atom. The van der Waals surface area contributed by atoms with Gasteiger partial charge in [-0.05, 0) is 25.5 Å². The molecule has 1 saturated heterocycles. The van der Waals surface area contributed by atoms with Crippen LogP contribution >= 0.6 is 0 Å². The quantitative estimate of drug-likeness (QED) is 0.584. The van der Waals surface area contributed by atoms with Crippen LogP contribution in [0.1, 0.15) is 29.3 Å². The lowest BCUT2D eigenvalue weighted by Crippen LogP contribution is -2.57. The minimum absolute atomic E-state index is 0.100. The van der Waals surface area contributed by atoms with Gasteiger partial charge in [-0.25, -0.2) is 4.98 Å². The number of ether oxygens (including phenoxy) is 1. The van der Waals surface area contributed by atoms with E-state index in [1.807, 2.05) is 6.92 Å². The molecule has 9 nitrogen and oxygen atoms in total. The Balaban J connectivity index is 2.11. The van der Waals surface area contributed by atoms with E-state index in [2.05, 4.69) is 10.3 Å². The van der Waals surface area contributed by atoms with Crippen LogP contribution in [0.2, 0.25) is 0 Å². The summed E-state index contributed by atoms with van der Waals surface area (Å²) in [5.41, 5.74) is 0.525. The molecule has 1 unspecified atom stereocenters. The molecule has 1 N–H and O–H groups in total. The van der Waals surface area contributed by atoms with Crippen LogP contribution in [0.25, 0.3) is 5.65 Å². The van der Waals surface area contributed by atoms with Gasteiger partial charge in [-0.2, -0.15) is 0 Å². The van der Waals surface area contributed by atoms with E-state index in [0.29, 0.717) is 25.0 Å². The number of aromatic nitrogens is 2. The van der Waals surface area contributed by atoms with Crippen LogP contribution in [0.3, 0.4) is 0 Å². The zero-order chi connectivity index (χ0) is 19.6. The number of pyridine rings is 1. The Bertz CT molecular complexity index is 968. The molecule has 0 bridgehead atoms. The molecule has 9 heteroatoms. The molecule has 3 heterocycles. The normalized spacial score (nSPS) is 16.9. The largest absolute Gasteiger partial charge is 0.466 e. The molecule has 1 aliphatic rings. The number of hydrogen-bond donors (Lipinski definition) is 1. The summed E-state index contributed by atoms with van der Waals surface area (Å²) in [6.45, 7) is 4.32. The van der Waals surface area contributed by atoms with Crippen molar-refractivity contribution in [1.82, 2.24) is 14.7 Å². The first kappa shape index (κ1) is 18.6. The maximum atomic E-state index is 12.8. The van der Waals surface area contributed by atoms with E-state index in [1.54, 1.807) is 25.3 Å². The lowest BCUT2D eigenvalue weighted by Gasteiger charge is -2.35. The highest BCUT2D eigenvalue weighted by atomic mass is 16.5. The fraction of sp³-hybridized carbons (Fsp3) is 0.389. The highest BCUT2D eigenvalue weighted by Gasteiger charge is 2.35. The fourth-order valence-electron chi connectivity index (χ4n) is 3.12. The molecule has 1 amide bonds. The molecule has 1 atom stereocenters. The first-order chi connectivity index (χ1) is 13.0. The average molecular weight is 372 g/mol. The van der Waals surface area contributed by atoms with Gasteiger partial charge in [-0.3, -0.25) is 23.6 Å². The number of hydrogen-bond acceptors (Lipinski definition) is 7. The van der Waals surface area contributed by atoms with Gasteiger partial charge < -0.3 is 15.0 Å². The van der Waals surface area contributed by atoms with Crippen molar-refractivity contribution in [3.8, 4) is 0 Å². The van der Waals surface area contributed by atoms with Crippen LogP contribution < -0.4 is 15.8 Å². The fourth-order valence-corrected chi connectivity index (χ4v) is 3.12. The lowest BCUT2D eigenvalue weighted by molar-refractivity contribution is -0.145. The van der Waals surface area contributed by atoms with Crippen molar-refractivity contribution >= 4 is 29.6 Å². The third-order valence-electron chi connectivity index (χ3n) is 4.37. The number of fused-ring (bicyclic) bond motifs is 1. The molecule has 1 aliphatic heterocycles. The standard InChI is InChI=1S/C18H20N4O5/c1-3-27-15(24)8-13-17(25)19-6-7-21(13)16-12(10-23)18(26)22-9-11(2)4-5-14(22)20-16/h4-5,9-10,13H,3,6-8H2,1-2H3,(H,19,25). The zero-order valence-corrected chi connectivity index (χ0v) is 15.1. The van der Waals surface area contributed by atoms with E-state index in [0.717, 1.165) is 5.56 Å². The van der Waals surface area contributed by atoms with Crippen LogP contribution in [0, 0.1) is 6.92 Å². The van der Waals surface area contributed by atoms with Crippen LogP contribution in [-0.4, -0.2) is 53.3 Å². The number of anilines is 1. The van der Waals surface area contributed by atoms with Crippen molar-refractivity contribution in [1.29, 1.82) is 0 Å². The second kappa shape index (κ2) is 7.56. The first-order valence-electron chi connectivity index (χ1n) is 8.64. The van der Waals surface area contributed by atoms with Crippen molar-refractivity contribution in [2.75, 3.05) is 24.6 Å². The molecular weight excluding hydrogens is 352 g/mol. The molecule has 0 aliphatic carbocycles. The molecule has 2 aromatic heterocycles. The summed E-state index contributed by atoms with van der Waals surface area (Å²) in [6.07, 6.45) is 1.83. The van der Waals surface area contributed by atoms with Gasteiger partial charge >= 0.3 is 5.97 Å². The van der Waals surface area contributed by atoms with Crippen LogP contribution in [0.5, 0.6) is 0 Å². The number of amides is 1. The van der Waals surface area contributed by atoms with E-state index < -0.39 is 17.6 Å². The van der Waals surface area contributed by atoms with Gasteiger partial charge in [-0.1, -0.05) is 6.07 Å². The molecule has 0 spiro atoms. The molecule has 3 rings (SSSR count). The summed E-state index contributed by atoms with van der Waals surface area (Å²) in [5, 5.41) is 2.69. The molecule has 0 radical (unpaired) electrons. The molecule has 0 saturated carbocycles. The van der Waals surface area contributed by atoms with Crippen molar-refractivity contribution in [2.45, 2.75) is 26.3 Å². The second-order valence-corrected chi connectivity index (χ2v) is 6.22. The lowest BCUT2D eigenvalue weighted by atomic mass is 10.1. The Kier molecular flexibility index (Phi) is 5.20. The minimum Gasteiger partial charge on any atom is -0.466 e. The van der Waals surface area contributed by atoms with Crippen LogP contribution in [0.4, 0.5) is 5.82 Å². The first-order valence-corrected chi connectivity index (χ1v) is 8.64. The Hall–Kier alpha value is -3.23. The molecule has 2 aromatic rings. The molecule has 27 heavy (non-hydrogen) atoms. The SMILES string of the molecule is CCOC(=O)CC1C(=O)NCCN1c1nc2ccc(C)cn2c(=O)c1C=O. The minimum atomic E-state index is -0.906. The van der Waals surface area contributed by atoms with Crippen molar-refractivity contribution in [3.63, 3.8) is 0 Å². The summed E-state index contributed by atoms with van der Waals surface area (Å²) < 4.78 is 6.24. The van der Waals surface area contributed by atoms with Crippen LogP contribution in [0.15, 0.2) is 23.1 Å². The van der Waals surface area contributed by atoms with Crippen molar-refractivity contribution in [2.24, 2.45) is 0 Å². The van der Waals surface area contributed by atoms with Crippen LogP contribution in [-0.2, 0) is 14.3 Å². The number of nitrogens with zero attached hydrogens (tertiary/aromatic N) is 3. The number of carbonyl (C=O) groups excluding carboxylic acids is 3. The third-order valence-corrected chi connectivity index (χ3v) is 4.37. The average Bonchev–Trinajstić information content (AvgIpc) is 2.64. The van der Waals surface area contributed by atoms with E-state index >= 15 is 0 Å². The summed E-state index contributed by atoms with van der Waals surface area (Å²) in [4.78, 5) is 54.7. The number of aldehydes is 1.